The number of halogens is 3. The Labute approximate surface area is 125 Å². The Bertz CT molecular complexity index is 306. The molecule has 1 heterocycles. The second-order valence-electron chi connectivity index (χ2n) is 6.41. The first-order valence-electron chi connectivity index (χ1n) is 8.07. The highest BCUT2D eigenvalue weighted by Crippen LogP contribution is 2.41. The van der Waals surface area contributed by atoms with Crippen LogP contribution in [0.3, 0.4) is 0 Å². The van der Waals surface area contributed by atoms with Gasteiger partial charge in [-0.25, -0.2) is 0 Å². The number of nitrogens with zero attached hydrogens (tertiary/aromatic N) is 1. The van der Waals surface area contributed by atoms with E-state index in [1.165, 1.54) is 0 Å². The van der Waals surface area contributed by atoms with Gasteiger partial charge in [0.15, 0.2) is 0 Å². The molecule has 1 N–H and O–H groups in total. The van der Waals surface area contributed by atoms with Crippen LogP contribution >= 0.6 is 0 Å². The van der Waals surface area contributed by atoms with E-state index in [1.807, 2.05) is 0 Å². The van der Waals surface area contributed by atoms with Gasteiger partial charge >= 0.3 is 6.18 Å². The molecule has 1 saturated carbocycles. The summed E-state index contributed by atoms with van der Waals surface area (Å²) >= 11 is 0. The Kier molecular flexibility index (Phi) is 6.32. The van der Waals surface area contributed by atoms with Crippen LogP contribution in [0.2, 0.25) is 0 Å². The quantitative estimate of drug-likeness (QED) is 0.845. The summed E-state index contributed by atoms with van der Waals surface area (Å²) in [5.41, 5.74) is 0. The number of hydrogen-bond donors (Lipinski definition) is 1. The number of morpholine rings is 1. The molecular weight excluding hydrogens is 281 g/mol. The lowest BCUT2D eigenvalue weighted by atomic mass is 9.78. The van der Waals surface area contributed by atoms with E-state index < -0.39 is 12.1 Å². The SMILES string of the molecule is CC(CN1CCOCC1)NCC1CCCCC1C(F)(F)F. The van der Waals surface area contributed by atoms with Crippen molar-refractivity contribution >= 4 is 0 Å². The fraction of sp³-hybridized carbons (Fsp3) is 1.00. The summed E-state index contributed by atoms with van der Waals surface area (Å²) in [6.07, 6.45) is -1.41. The van der Waals surface area contributed by atoms with Gasteiger partial charge in [0.25, 0.3) is 0 Å². The van der Waals surface area contributed by atoms with Gasteiger partial charge in [0.05, 0.1) is 19.1 Å². The van der Waals surface area contributed by atoms with E-state index in [0.29, 0.717) is 25.8 Å². The topological polar surface area (TPSA) is 24.5 Å². The molecule has 1 aliphatic carbocycles. The van der Waals surface area contributed by atoms with Crippen LogP contribution in [-0.2, 0) is 4.74 Å². The predicted octanol–water partition coefficient (Wildman–Crippen LogP) is 2.67. The van der Waals surface area contributed by atoms with Crippen LogP contribution in [0.4, 0.5) is 13.2 Å². The highest BCUT2D eigenvalue weighted by atomic mass is 19.4. The molecule has 21 heavy (non-hydrogen) atoms. The zero-order valence-corrected chi connectivity index (χ0v) is 12.8. The smallest absolute Gasteiger partial charge is 0.379 e. The average molecular weight is 308 g/mol. The molecule has 0 aromatic rings. The third kappa shape index (κ3) is 5.42. The molecule has 124 valence electrons. The highest BCUT2D eigenvalue weighted by Gasteiger charge is 2.45. The molecule has 3 nitrogen and oxygen atoms in total. The maximum absolute atomic E-state index is 13.0. The number of nitrogens with one attached hydrogen (secondary N) is 1. The molecule has 6 heteroatoms. The van der Waals surface area contributed by atoms with Gasteiger partial charge in [-0.1, -0.05) is 12.8 Å². The lowest BCUT2D eigenvalue weighted by Crippen LogP contribution is -2.47. The molecule has 3 atom stereocenters. The lowest BCUT2D eigenvalue weighted by molar-refractivity contribution is -0.195. The molecule has 0 aromatic heterocycles. The van der Waals surface area contributed by atoms with Crippen molar-refractivity contribution in [2.75, 3.05) is 39.4 Å². The molecule has 0 amide bonds. The summed E-state index contributed by atoms with van der Waals surface area (Å²) in [7, 11) is 0. The van der Waals surface area contributed by atoms with Gasteiger partial charge in [-0.05, 0) is 32.2 Å². The van der Waals surface area contributed by atoms with E-state index >= 15 is 0 Å². The molecule has 2 fully saturated rings. The average Bonchev–Trinajstić information content (AvgIpc) is 2.45. The minimum Gasteiger partial charge on any atom is -0.379 e. The van der Waals surface area contributed by atoms with Crippen LogP contribution in [0.15, 0.2) is 0 Å². The third-order valence-electron chi connectivity index (χ3n) is 4.69. The summed E-state index contributed by atoms with van der Waals surface area (Å²) in [6, 6.07) is 0.221. The fourth-order valence-electron chi connectivity index (χ4n) is 3.47. The van der Waals surface area contributed by atoms with Crippen LogP contribution in [0.5, 0.6) is 0 Å². The Morgan fingerprint density at radius 3 is 2.52 bits per heavy atom. The monoisotopic (exact) mass is 308 g/mol. The van der Waals surface area contributed by atoms with Gasteiger partial charge in [0.2, 0.25) is 0 Å². The van der Waals surface area contributed by atoms with Gasteiger partial charge in [-0.3, -0.25) is 4.90 Å². The van der Waals surface area contributed by atoms with Crippen molar-refractivity contribution < 1.29 is 17.9 Å². The van der Waals surface area contributed by atoms with E-state index in [0.717, 1.165) is 39.3 Å². The van der Waals surface area contributed by atoms with Crippen molar-refractivity contribution in [2.24, 2.45) is 11.8 Å². The predicted molar refractivity (Wildman–Crippen MR) is 76.2 cm³/mol. The first kappa shape index (κ1) is 17.0. The maximum Gasteiger partial charge on any atom is 0.392 e. The fourth-order valence-corrected chi connectivity index (χ4v) is 3.47. The number of hydrogen-bond acceptors (Lipinski definition) is 3. The number of alkyl halides is 3. The molecule has 2 rings (SSSR count). The van der Waals surface area contributed by atoms with E-state index in [2.05, 4.69) is 17.1 Å². The highest BCUT2D eigenvalue weighted by molar-refractivity contribution is 4.83. The van der Waals surface area contributed by atoms with Gasteiger partial charge in [-0.15, -0.1) is 0 Å². The van der Waals surface area contributed by atoms with Crippen LogP contribution in [0, 0.1) is 11.8 Å². The van der Waals surface area contributed by atoms with Crippen LogP contribution in [0.25, 0.3) is 0 Å². The zero-order valence-electron chi connectivity index (χ0n) is 12.8. The van der Waals surface area contributed by atoms with Gasteiger partial charge in [0.1, 0.15) is 0 Å². The molecule has 0 aromatic carbocycles. The molecule has 0 spiro atoms. The molecule has 1 aliphatic heterocycles. The Hall–Kier alpha value is -0.330. The van der Waals surface area contributed by atoms with Crippen LogP contribution < -0.4 is 5.32 Å². The molecule has 1 saturated heterocycles. The second kappa shape index (κ2) is 7.79. The minimum absolute atomic E-state index is 0.221. The van der Waals surface area contributed by atoms with Crippen molar-refractivity contribution in [3.63, 3.8) is 0 Å². The van der Waals surface area contributed by atoms with E-state index in [4.69, 9.17) is 4.74 Å². The van der Waals surface area contributed by atoms with Gasteiger partial charge < -0.3 is 10.1 Å². The third-order valence-corrected chi connectivity index (χ3v) is 4.69. The van der Waals surface area contributed by atoms with Gasteiger partial charge in [0, 0.05) is 25.7 Å². The van der Waals surface area contributed by atoms with Crippen molar-refractivity contribution in [3.8, 4) is 0 Å². The summed E-state index contributed by atoms with van der Waals surface area (Å²) in [6.45, 7) is 6.77. The van der Waals surface area contributed by atoms with Gasteiger partial charge in [-0.2, -0.15) is 13.2 Å². The first-order chi connectivity index (χ1) is 9.97. The van der Waals surface area contributed by atoms with Crippen molar-refractivity contribution in [1.29, 1.82) is 0 Å². The Balaban J connectivity index is 1.74. The summed E-state index contributed by atoms with van der Waals surface area (Å²) < 4.78 is 44.4. The molecule has 0 radical (unpaired) electrons. The zero-order chi connectivity index (χ0) is 15.3. The molecule has 2 aliphatic rings. The van der Waals surface area contributed by atoms with Crippen LogP contribution in [0.1, 0.15) is 32.6 Å². The summed E-state index contributed by atoms with van der Waals surface area (Å²) in [4.78, 5) is 2.31. The first-order valence-corrected chi connectivity index (χ1v) is 8.07. The second-order valence-corrected chi connectivity index (χ2v) is 6.41. The molecule has 3 unspecified atom stereocenters. The maximum atomic E-state index is 13.0. The van der Waals surface area contributed by atoms with Crippen molar-refractivity contribution in [2.45, 2.75) is 44.8 Å². The van der Waals surface area contributed by atoms with E-state index in [-0.39, 0.29) is 12.0 Å². The Morgan fingerprint density at radius 1 is 1.19 bits per heavy atom. The number of ether oxygens (including phenoxy) is 1. The van der Waals surface area contributed by atoms with Crippen LogP contribution in [-0.4, -0.2) is 56.5 Å². The molecular formula is C15H27F3N2O. The van der Waals surface area contributed by atoms with Crippen molar-refractivity contribution in [1.82, 2.24) is 10.2 Å². The minimum atomic E-state index is -4.04. The number of rotatable bonds is 5. The summed E-state index contributed by atoms with van der Waals surface area (Å²) in [5, 5.41) is 3.32. The van der Waals surface area contributed by atoms with E-state index in [1.54, 1.807) is 0 Å². The summed E-state index contributed by atoms with van der Waals surface area (Å²) in [5.74, 6) is -1.37. The lowest BCUT2D eigenvalue weighted by Gasteiger charge is -2.35. The standard InChI is InChI=1S/C15H27F3N2O/c1-12(11-20-6-8-21-9-7-20)19-10-13-4-2-3-5-14(13)15(16,17)18/h12-14,19H,2-11H2,1H3. The van der Waals surface area contributed by atoms with E-state index in [9.17, 15) is 13.2 Å². The molecule has 0 bridgehead atoms. The van der Waals surface area contributed by atoms with Crippen molar-refractivity contribution in [3.05, 3.63) is 0 Å². The largest absolute Gasteiger partial charge is 0.392 e. The Morgan fingerprint density at radius 2 is 1.86 bits per heavy atom. The normalized spacial score (nSPS) is 30.3.